The summed E-state index contributed by atoms with van der Waals surface area (Å²) in [4.78, 5) is 0. The highest BCUT2D eigenvalue weighted by Crippen LogP contribution is 2.13. The zero-order chi connectivity index (χ0) is 11.2. The van der Waals surface area contributed by atoms with Crippen molar-refractivity contribution in [3.05, 3.63) is 60.2 Å². The first-order valence-corrected chi connectivity index (χ1v) is 4.93. The molecule has 2 aromatic carbocycles. The summed E-state index contributed by atoms with van der Waals surface area (Å²) in [6, 6.07) is 16.9. The minimum absolute atomic E-state index is 0.656. The van der Waals surface area contributed by atoms with Crippen molar-refractivity contribution in [2.24, 2.45) is 0 Å². The van der Waals surface area contributed by atoms with E-state index < -0.39 is 0 Å². The van der Waals surface area contributed by atoms with Gasteiger partial charge in [-0.05, 0) is 30.2 Å². The van der Waals surface area contributed by atoms with Gasteiger partial charge in [-0.3, -0.25) is 0 Å². The Bertz CT molecular complexity index is 523. The predicted molar refractivity (Wildman–Crippen MR) is 64.8 cm³/mol. The van der Waals surface area contributed by atoms with E-state index in [1.54, 1.807) is 12.1 Å². The first kappa shape index (κ1) is 10.1. The lowest BCUT2D eigenvalue weighted by molar-refractivity contribution is 0.520. The highest BCUT2D eigenvalue weighted by atomic mass is 16.5. The van der Waals surface area contributed by atoms with E-state index in [4.69, 9.17) is 10.5 Å². The zero-order valence-corrected chi connectivity index (χ0v) is 8.68. The molecule has 2 N–H and O–H groups in total. The molecule has 0 aliphatic heterocycles. The predicted octanol–water partition coefficient (Wildman–Crippen LogP) is 2.66. The third-order valence-electron chi connectivity index (χ3n) is 2.00. The lowest BCUT2D eigenvalue weighted by Crippen LogP contribution is -1.87. The van der Waals surface area contributed by atoms with Crippen LogP contribution in [0.4, 0.5) is 5.69 Å². The molecule has 0 bridgehead atoms. The van der Waals surface area contributed by atoms with Crippen LogP contribution < -0.4 is 10.5 Å². The maximum atomic E-state index is 5.61. The van der Waals surface area contributed by atoms with Crippen molar-refractivity contribution in [1.29, 1.82) is 0 Å². The molecule has 0 radical (unpaired) electrons. The van der Waals surface area contributed by atoms with Crippen molar-refractivity contribution in [3.8, 4) is 17.8 Å². The summed E-state index contributed by atoms with van der Waals surface area (Å²) in [5, 5.41) is 0. The number of ether oxygens (including phenoxy) is 1. The second kappa shape index (κ2) is 4.90. The largest absolute Gasteiger partial charge is 0.407 e. The van der Waals surface area contributed by atoms with Crippen LogP contribution in [0.2, 0.25) is 0 Å². The standard InChI is InChI=1S/C14H11NO/c15-13-7-4-8-14(11-13)16-10-9-12-5-2-1-3-6-12/h1-8,11H,15H2. The SMILES string of the molecule is Nc1cccc(OC#Cc2ccccc2)c1. The van der Waals surface area contributed by atoms with Crippen molar-refractivity contribution in [3.63, 3.8) is 0 Å². The molecular weight excluding hydrogens is 198 g/mol. The van der Waals surface area contributed by atoms with Gasteiger partial charge >= 0.3 is 0 Å². The fraction of sp³-hybridized carbons (Fsp3) is 0. The van der Waals surface area contributed by atoms with E-state index in [1.807, 2.05) is 42.5 Å². The molecule has 16 heavy (non-hydrogen) atoms. The normalized spacial score (nSPS) is 9.00. The first-order valence-electron chi connectivity index (χ1n) is 4.93. The number of nitrogen functional groups attached to an aromatic ring is 1. The smallest absolute Gasteiger partial charge is 0.142 e. The molecule has 0 unspecified atom stereocenters. The summed E-state index contributed by atoms with van der Waals surface area (Å²) < 4.78 is 5.25. The summed E-state index contributed by atoms with van der Waals surface area (Å²) in [6.07, 6.45) is 2.64. The lowest BCUT2D eigenvalue weighted by atomic mass is 10.2. The van der Waals surface area contributed by atoms with Crippen LogP contribution >= 0.6 is 0 Å². The Labute approximate surface area is 94.7 Å². The molecule has 2 aromatic rings. The number of rotatable bonds is 1. The summed E-state index contributed by atoms with van der Waals surface area (Å²) >= 11 is 0. The van der Waals surface area contributed by atoms with Crippen molar-refractivity contribution in [1.82, 2.24) is 0 Å². The van der Waals surface area contributed by atoms with Gasteiger partial charge in [0.1, 0.15) is 11.9 Å². The molecule has 2 heteroatoms. The first-order chi connectivity index (χ1) is 7.84. The van der Waals surface area contributed by atoms with Crippen LogP contribution in [0.5, 0.6) is 5.75 Å². The van der Waals surface area contributed by atoms with Gasteiger partial charge in [-0.1, -0.05) is 24.3 Å². The van der Waals surface area contributed by atoms with Crippen molar-refractivity contribution >= 4 is 5.69 Å². The minimum Gasteiger partial charge on any atom is -0.407 e. The molecule has 78 valence electrons. The molecular formula is C14H11NO. The molecule has 0 aliphatic carbocycles. The number of hydrogen-bond acceptors (Lipinski definition) is 2. The molecule has 0 fully saturated rings. The molecule has 0 aromatic heterocycles. The van der Waals surface area contributed by atoms with E-state index in [9.17, 15) is 0 Å². The molecule has 0 spiro atoms. The monoisotopic (exact) mass is 209 g/mol. The molecule has 0 atom stereocenters. The van der Waals surface area contributed by atoms with Gasteiger partial charge in [-0.2, -0.15) is 0 Å². The maximum Gasteiger partial charge on any atom is 0.142 e. The van der Waals surface area contributed by atoms with Crippen molar-refractivity contribution in [2.45, 2.75) is 0 Å². The van der Waals surface area contributed by atoms with Crippen molar-refractivity contribution < 1.29 is 4.74 Å². The number of hydrogen-bond donors (Lipinski definition) is 1. The molecule has 0 saturated carbocycles. The van der Waals surface area contributed by atoms with Gasteiger partial charge in [0.05, 0.1) is 0 Å². The third kappa shape index (κ3) is 2.79. The zero-order valence-electron chi connectivity index (χ0n) is 8.68. The topological polar surface area (TPSA) is 35.2 Å². The average molecular weight is 209 g/mol. The molecule has 0 amide bonds. The fourth-order valence-corrected chi connectivity index (χ4v) is 1.24. The highest BCUT2D eigenvalue weighted by Gasteiger charge is 1.90. The van der Waals surface area contributed by atoms with Crippen LogP contribution in [-0.4, -0.2) is 0 Å². The van der Waals surface area contributed by atoms with Crippen LogP contribution in [0, 0.1) is 12.0 Å². The van der Waals surface area contributed by atoms with E-state index in [1.165, 1.54) is 0 Å². The lowest BCUT2D eigenvalue weighted by Gasteiger charge is -1.97. The Morgan fingerprint density at radius 3 is 2.50 bits per heavy atom. The summed E-state index contributed by atoms with van der Waals surface area (Å²) in [6.45, 7) is 0. The second-order valence-electron chi connectivity index (χ2n) is 3.27. The van der Waals surface area contributed by atoms with Crippen LogP contribution in [-0.2, 0) is 0 Å². The van der Waals surface area contributed by atoms with Gasteiger partial charge in [0.15, 0.2) is 0 Å². The van der Waals surface area contributed by atoms with Crippen LogP contribution in [0.3, 0.4) is 0 Å². The Morgan fingerprint density at radius 1 is 0.938 bits per heavy atom. The van der Waals surface area contributed by atoms with E-state index in [0.29, 0.717) is 11.4 Å². The molecule has 0 aliphatic rings. The third-order valence-corrected chi connectivity index (χ3v) is 2.00. The van der Waals surface area contributed by atoms with Crippen LogP contribution in [0.15, 0.2) is 54.6 Å². The van der Waals surface area contributed by atoms with Gasteiger partial charge in [0, 0.05) is 17.3 Å². The maximum absolute atomic E-state index is 5.61. The number of nitrogens with two attached hydrogens (primary N) is 1. The summed E-state index contributed by atoms with van der Waals surface area (Å²) in [5.74, 6) is 3.56. The van der Waals surface area contributed by atoms with Gasteiger partial charge < -0.3 is 10.5 Å². The number of anilines is 1. The van der Waals surface area contributed by atoms with Gasteiger partial charge in [-0.15, -0.1) is 0 Å². The molecule has 2 nitrogen and oxygen atoms in total. The summed E-state index contributed by atoms with van der Waals surface area (Å²) in [5.41, 5.74) is 7.20. The summed E-state index contributed by atoms with van der Waals surface area (Å²) in [7, 11) is 0. The van der Waals surface area contributed by atoms with Crippen LogP contribution in [0.1, 0.15) is 5.56 Å². The fourth-order valence-electron chi connectivity index (χ4n) is 1.24. The molecule has 0 heterocycles. The van der Waals surface area contributed by atoms with E-state index in [0.717, 1.165) is 5.56 Å². The highest BCUT2D eigenvalue weighted by molar-refractivity contribution is 5.44. The Hall–Kier alpha value is -2.40. The molecule has 2 rings (SSSR count). The quantitative estimate of drug-likeness (QED) is 0.579. The molecule has 0 saturated heterocycles. The van der Waals surface area contributed by atoms with E-state index in [2.05, 4.69) is 12.0 Å². The van der Waals surface area contributed by atoms with Gasteiger partial charge in [-0.25, -0.2) is 0 Å². The van der Waals surface area contributed by atoms with E-state index in [-0.39, 0.29) is 0 Å². The van der Waals surface area contributed by atoms with Crippen molar-refractivity contribution in [2.75, 3.05) is 5.73 Å². The number of benzene rings is 2. The van der Waals surface area contributed by atoms with Gasteiger partial charge in [0.25, 0.3) is 0 Å². The second-order valence-corrected chi connectivity index (χ2v) is 3.27. The Morgan fingerprint density at radius 2 is 1.75 bits per heavy atom. The van der Waals surface area contributed by atoms with Gasteiger partial charge in [0.2, 0.25) is 0 Å². The average Bonchev–Trinajstić information content (AvgIpc) is 2.30. The Balaban J connectivity index is 2.06. The Kier molecular flexibility index (Phi) is 3.10. The minimum atomic E-state index is 0.656. The van der Waals surface area contributed by atoms with Crippen LogP contribution in [0.25, 0.3) is 0 Å². The van der Waals surface area contributed by atoms with E-state index >= 15 is 0 Å².